The number of aliphatic hydroxyl groups excluding tert-OH is 1. The van der Waals surface area contributed by atoms with Crippen molar-refractivity contribution in [1.82, 2.24) is 0 Å². The Morgan fingerprint density at radius 1 is 0.512 bits per heavy atom. The number of unbranched alkanes of at least 4 members (excludes halogenated alkanes) is 27. The van der Waals surface area contributed by atoms with Crippen LogP contribution in [0.3, 0.4) is 0 Å². The van der Waals surface area contributed by atoms with Crippen LogP contribution < -0.4 is 0 Å². The second-order valence-electron chi connectivity index (χ2n) is 13.5. The van der Waals surface area contributed by atoms with Crippen LogP contribution in [0.25, 0.3) is 0 Å². The van der Waals surface area contributed by atoms with Crippen molar-refractivity contribution in [3.8, 4) is 0 Å². The number of esters is 1. The molecule has 0 aliphatic heterocycles. The maximum Gasteiger partial charge on any atom is 0.305 e. The van der Waals surface area contributed by atoms with E-state index in [1.165, 1.54) is 161 Å². The molecule has 0 aliphatic rings. The summed E-state index contributed by atoms with van der Waals surface area (Å²) in [5.74, 6) is -0.00556. The standard InChI is InChI=1S/C40H78O3/c1-3-5-7-9-10-11-12-13-14-15-16-17-18-19-20-21-24-27-30-34-38-43-40(42)37-33-29-26-23-22-25-28-32-36-39(41)35-31-8-6-4-2/h28,32,39,41H,3-27,29-31,33-38H2,1-2H3/b32-28-. The Kier molecular flexibility index (Phi) is 36.6. The topological polar surface area (TPSA) is 46.5 Å². The third-order valence-electron chi connectivity index (χ3n) is 8.98. The monoisotopic (exact) mass is 607 g/mol. The first-order valence-corrected chi connectivity index (χ1v) is 19.7. The van der Waals surface area contributed by atoms with Gasteiger partial charge in [-0.1, -0.05) is 193 Å². The van der Waals surface area contributed by atoms with Crippen LogP contribution in [-0.2, 0) is 9.53 Å². The van der Waals surface area contributed by atoms with Gasteiger partial charge < -0.3 is 9.84 Å². The predicted octanol–water partition coefficient (Wildman–Crippen LogP) is 13.4. The summed E-state index contributed by atoms with van der Waals surface area (Å²) >= 11 is 0. The second kappa shape index (κ2) is 37.4. The summed E-state index contributed by atoms with van der Waals surface area (Å²) in [6.07, 6.45) is 46.0. The van der Waals surface area contributed by atoms with Crippen LogP contribution in [0.5, 0.6) is 0 Å². The SMILES string of the molecule is CCCCCCCCCCCCCCCCCCCCCCOC(=O)CCCCCCC/C=C\CC(O)CCCCCC. The van der Waals surface area contributed by atoms with E-state index >= 15 is 0 Å². The lowest BCUT2D eigenvalue weighted by Crippen LogP contribution is -2.05. The van der Waals surface area contributed by atoms with Crippen molar-refractivity contribution >= 4 is 5.97 Å². The maximum atomic E-state index is 12.0. The summed E-state index contributed by atoms with van der Waals surface area (Å²) in [5, 5.41) is 9.99. The van der Waals surface area contributed by atoms with Gasteiger partial charge in [-0.15, -0.1) is 0 Å². The van der Waals surface area contributed by atoms with Crippen molar-refractivity contribution in [3.05, 3.63) is 12.2 Å². The second-order valence-corrected chi connectivity index (χ2v) is 13.5. The molecule has 0 aromatic rings. The van der Waals surface area contributed by atoms with Gasteiger partial charge in [-0.3, -0.25) is 4.79 Å². The predicted molar refractivity (Wildman–Crippen MR) is 190 cm³/mol. The molecule has 43 heavy (non-hydrogen) atoms. The quantitative estimate of drug-likeness (QED) is 0.0438. The first-order valence-electron chi connectivity index (χ1n) is 19.7. The van der Waals surface area contributed by atoms with Gasteiger partial charge in [0, 0.05) is 6.42 Å². The van der Waals surface area contributed by atoms with E-state index in [-0.39, 0.29) is 12.1 Å². The van der Waals surface area contributed by atoms with Crippen LogP contribution in [0.15, 0.2) is 12.2 Å². The van der Waals surface area contributed by atoms with Crippen LogP contribution >= 0.6 is 0 Å². The van der Waals surface area contributed by atoms with Gasteiger partial charge >= 0.3 is 5.97 Å². The van der Waals surface area contributed by atoms with E-state index in [0.717, 1.165) is 44.9 Å². The molecule has 1 atom stereocenters. The molecule has 0 fully saturated rings. The van der Waals surface area contributed by atoms with Crippen LogP contribution in [0, 0.1) is 0 Å². The van der Waals surface area contributed by atoms with Gasteiger partial charge in [-0.25, -0.2) is 0 Å². The first kappa shape index (κ1) is 42.2. The van der Waals surface area contributed by atoms with Gasteiger partial charge in [0.2, 0.25) is 0 Å². The lowest BCUT2D eigenvalue weighted by molar-refractivity contribution is -0.143. The smallest absolute Gasteiger partial charge is 0.305 e. The molecule has 0 bridgehead atoms. The zero-order valence-electron chi connectivity index (χ0n) is 29.5. The summed E-state index contributed by atoms with van der Waals surface area (Å²) in [6, 6.07) is 0. The summed E-state index contributed by atoms with van der Waals surface area (Å²) < 4.78 is 5.44. The fourth-order valence-electron chi connectivity index (χ4n) is 5.97. The van der Waals surface area contributed by atoms with Crippen LogP contribution in [0.2, 0.25) is 0 Å². The number of hydrogen-bond acceptors (Lipinski definition) is 3. The van der Waals surface area contributed by atoms with E-state index in [9.17, 15) is 9.90 Å². The molecule has 0 rings (SSSR count). The number of hydrogen-bond donors (Lipinski definition) is 1. The molecule has 0 aromatic carbocycles. The Hall–Kier alpha value is -0.830. The molecule has 0 amide bonds. The highest BCUT2D eigenvalue weighted by molar-refractivity contribution is 5.69. The zero-order chi connectivity index (χ0) is 31.3. The largest absolute Gasteiger partial charge is 0.466 e. The fraction of sp³-hybridized carbons (Fsp3) is 0.925. The molecule has 0 saturated carbocycles. The van der Waals surface area contributed by atoms with Crippen molar-refractivity contribution in [2.75, 3.05) is 6.61 Å². The van der Waals surface area contributed by atoms with Crippen LogP contribution in [0.4, 0.5) is 0 Å². The average Bonchev–Trinajstić information content (AvgIpc) is 3.01. The third-order valence-corrected chi connectivity index (χ3v) is 8.98. The van der Waals surface area contributed by atoms with E-state index in [1.807, 2.05) is 0 Å². The highest BCUT2D eigenvalue weighted by atomic mass is 16.5. The minimum atomic E-state index is -0.165. The van der Waals surface area contributed by atoms with Gasteiger partial charge in [0.15, 0.2) is 0 Å². The van der Waals surface area contributed by atoms with E-state index < -0.39 is 0 Å². The van der Waals surface area contributed by atoms with Gasteiger partial charge in [-0.2, -0.15) is 0 Å². The number of carbonyl (C=O) groups is 1. The number of ether oxygens (including phenoxy) is 1. The van der Waals surface area contributed by atoms with Crippen molar-refractivity contribution < 1.29 is 14.6 Å². The summed E-state index contributed by atoms with van der Waals surface area (Å²) in [5.41, 5.74) is 0. The molecule has 3 nitrogen and oxygen atoms in total. The Morgan fingerprint density at radius 2 is 0.907 bits per heavy atom. The van der Waals surface area contributed by atoms with Crippen LogP contribution in [0.1, 0.15) is 226 Å². The molecule has 256 valence electrons. The minimum absolute atomic E-state index is 0.00556. The lowest BCUT2D eigenvalue weighted by Gasteiger charge is -2.07. The number of carbonyl (C=O) groups excluding carboxylic acids is 1. The van der Waals surface area contributed by atoms with Gasteiger partial charge in [0.05, 0.1) is 12.7 Å². The number of rotatable bonds is 36. The summed E-state index contributed by atoms with van der Waals surface area (Å²) in [7, 11) is 0. The highest BCUT2D eigenvalue weighted by Crippen LogP contribution is 2.15. The average molecular weight is 607 g/mol. The van der Waals surface area contributed by atoms with Crippen molar-refractivity contribution in [2.45, 2.75) is 232 Å². The fourth-order valence-corrected chi connectivity index (χ4v) is 5.97. The molecule has 0 heterocycles. The molecule has 1 unspecified atom stereocenters. The number of allylic oxidation sites excluding steroid dienone is 1. The zero-order valence-corrected chi connectivity index (χ0v) is 29.5. The Morgan fingerprint density at radius 3 is 1.40 bits per heavy atom. The van der Waals surface area contributed by atoms with Crippen LogP contribution in [-0.4, -0.2) is 23.8 Å². The van der Waals surface area contributed by atoms with E-state index in [1.54, 1.807) is 0 Å². The molecule has 0 aromatic heterocycles. The van der Waals surface area contributed by atoms with Crippen molar-refractivity contribution in [3.63, 3.8) is 0 Å². The van der Waals surface area contributed by atoms with Crippen molar-refractivity contribution in [1.29, 1.82) is 0 Å². The lowest BCUT2D eigenvalue weighted by atomic mass is 10.0. The third kappa shape index (κ3) is 37.3. The molecule has 0 radical (unpaired) electrons. The van der Waals surface area contributed by atoms with Gasteiger partial charge in [0.1, 0.15) is 0 Å². The summed E-state index contributed by atoms with van der Waals surface area (Å²) in [4.78, 5) is 12.0. The maximum absolute atomic E-state index is 12.0. The molecule has 0 aliphatic carbocycles. The molecule has 0 saturated heterocycles. The van der Waals surface area contributed by atoms with E-state index in [2.05, 4.69) is 26.0 Å². The Balaban J connectivity index is 3.22. The molecule has 1 N–H and O–H groups in total. The van der Waals surface area contributed by atoms with Crippen molar-refractivity contribution in [2.24, 2.45) is 0 Å². The molecular weight excluding hydrogens is 528 g/mol. The van der Waals surface area contributed by atoms with E-state index in [4.69, 9.17) is 4.74 Å². The number of aliphatic hydroxyl groups is 1. The molecular formula is C40H78O3. The Bertz CT molecular complexity index is 558. The van der Waals surface area contributed by atoms with E-state index in [0.29, 0.717) is 13.0 Å². The molecule has 0 spiro atoms. The van der Waals surface area contributed by atoms with Gasteiger partial charge in [-0.05, 0) is 38.5 Å². The highest BCUT2D eigenvalue weighted by Gasteiger charge is 2.03. The normalized spacial score (nSPS) is 12.3. The minimum Gasteiger partial charge on any atom is -0.466 e. The first-order chi connectivity index (χ1) is 21.2. The Labute approximate surface area is 270 Å². The van der Waals surface area contributed by atoms with Gasteiger partial charge in [0.25, 0.3) is 0 Å². The molecule has 3 heteroatoms. The summed E-state index contributed by atoms with van der Waals surface area (Å²) in [6.45, 7) is 5.12.